The van der Waals surface area contributed by atoms with E-state index in [-0.39, 0.29) is 25.6 Å². The maximum atomic E-state index is 11.3. The molecule has 26 heavy (non-hydrogen) atoms. The number of carbonyl (C=O) groups excluding carboxylic acids is 2. The first-order chi connectivity index (χ1) is 12.0. The number of alkyl carbamates (subject to hydrolysis) is 2. The van der Waals surface area contributed by atoms with Crippen molar-refractivity contribution in [3.63, 3.8) is 0 Å². The van der Waals surface area contributed by atoms with E-state index in [9.17, 15) is 9.59 Å². The average Bonchev–Trinajstić information content (AvgIpc) is 2.92. The normalized spacial score (nSPS) is 10.0. The van der Waals surface area contributed by atoms with Gasteiger partial charge in [0.05, 0.1) is 5.69 Å². The van der Waals surface area contributed by atoms with Crippen molar-refractivity contribution < 1.29 is 19.1 Å². The number of rotatable bonds is 10. The van der Waals surface area contributed by atoms with Crippen LogP contribution < -0.4 is 10.6 Å². The molecular formula is C16H29ClN4O4S. The van der Waals surface area contributed by atoms with Gasteiger partial charge in [-0.1, -0.05) is 37.9 Å². The standard InChI is InChI=1S/C16H28N4O4S.ClH/c1-5-6-7-8-9-25-14-19-12(10-23-15(21)17-2)13(20(14)4)11-24-16(22)18-3;/h5-11H2,1-4H3,(H,17,21)(H,18,22);1H. The van der Waals surface area contributed by atoms with Gasteiger partial charge in [0.25, 0.3) is 0 Å². The first-order valence-electron chi connectivity index (χ1n) is 8.39. The van der Waals surface area contributed by atoms with Crippen LogP contribution in [-0.2, 0) is 29.7 Å². The van der Waals surface area contributed by atoms with Crippen molar-refractivity contribution in [2.24, 2.45) is 7.05 Å². The second-order valence-electron chi connectivity index (χ2n) is 5.41. The number of aromatic nitrogens is 2. The molecule has 0 aliphatic heterocycles. The number of nitrogens with zero attached hydrogens (tertiary/aromatic N) is 2. The molecule has 0 atom stereocenters. The molecule has 1 rings (SSSR count). The van der Waals surface area contributed by atoms with Crippen molar-refractivity contribution >= 4 is 36.4 Å². The summed E-state index contributed by atoms with van der Waals surface area (Å²) < 4.78 is 12.1. The van der Waals surface area contributed by atoms with Crippen LogP contribution in [0.3, 0.4) is 0 Å². The predicted octanol–water partition coefficient (Wildman–Crippen LogP) is 3.23. The van der Waals surface area contributed by atoms with Crippen LogP contribution >= 0.6 is 24.2 Å². The van der Waals surface area contributed by atoms with Gasteiger partial charge < -0.3 is 24.7 Å². The van der Waals surface area contributed by atoms with Crippen LogP contribution in [0.1, 0.15) is 44.0 Å². The largest absolute Gasteiger partial charge is 0.443 e. The summed E-state index contributed by atoms with van der Waals surface area (Å²) in [5.41, 5.74) is 1.30. The van der Waals surface area contributed by atoms with Crippen LogP contribution in [0.25, 0.3) is 0 Å². The topological polar surface area (TPSA) is 94.5 Å². The van der Waals surface area contributed by atoms with Crippen molar-refractivity contribution in [2.75, 3.05) is 19.8 Å². The molecule has 0 radical (unpaired) electrons. The second kappa shape index (κ2) is 13.6. The SMILES string of the molecule is CCCCCCSc1nc(COC(=O)NC)c(COC(=O)NC)n1C.Cl. The number of nitrogens with one attached hydrogen (secondary N) is 2. The van der Waals surface area contributed by atoms with E-state index >= 15 is 0 Å². The minimum atomic E-state index is -0.530. The zero-order valence-electron chi connectivity index (χ0n) is 15.8. The summed E-state index contributed by atoms with van der Waals surface area (Å²) >= 11 is 1.65. The molecule has 8 nitrogen and oxygen atoms in total. The van der Waals surface area contributed by atoms with E-state index in [1.54, 1.807) is 11.8 Å². The summed E-state index contributed by atoms with van der Waals surface area (Å²) in [4.78, 5) is 27.2. The predicted molar refractivity (Wildman–Crippen MR) is 104 cm³/mol. The molecule has 2 N–H and O–H groups in total. The molecule has 0 bridgehead atoms. The maximum absolute atomic E-state index is 11.3. The third kappa shape index (κ3) is 8.18. The maximum Gasteiger partial charge on any atom is 0.407 e. The van der Waals surface area contributed by atoms with Crippen LogP contribution in [0.4, 0.5) is 9.59 Å². The monoisotopic (exact) mass is 408 g/mol. The zero-order valence-corrected chi connectivity index (χ0v) is 17.4. The number of carbonyl (C=O) groups is 2. The number of imidazole rings is 1. The molecule has 150 valence electrons. The number of ether oxygens (including phenoxy) is 2. The summed E-state index contributed by atoms with van der Waals surface area (Å²) in [5.74, 6) is 0.969. The molecule has 0 aromatic carbocycles. The molecular weight excluding hydrogens is 380 g/mol. The van der Waals surface area contributed by atoms with Crippen molar-refractivity contribution in [3.05, 3.63) is 11.4 Å². The molecule has 0 aliphatic rings. The first kappa shape index (κ1) is 24.4. The Kier molecular flexibility index (Phi) is 12.7. The van der Waals surface area contributed by atoms with Crippen molar-refractivity contribution in [3.8, 4) is 0 Å². The Bertz CT molecular complexity index is 569. The van der Waals surface area contributed by atoms with Crippen LogP contribution in [-0.4, -0.2) is 41.6 Å². The fraction of sp³-hybridized carbons (Fsp3) is 0.688. The molecule has 2 amide bonds. The molecule has 0 spiro atoms. The molecule has 1 heterocycles. The van der Waals surface area contributed by atoms with Gasteiger partial charge in [-0.05, 0) is 6.42 Å². The summed E-state index contributed by atoms with van der Waals surface area (Å²) in [7, 11) is 4.86. The molecule has 0 fully saturated rings. The van der Waals surface area contributed by atoms with E-state index in [0.29, 0.717) is 11.4 Å². The van der Waals surface area contributed by atoms with Crippen molar-refractivity contribution in [1.29, 1.82) is 0 Å². The van der Waals surface area contributed by atoms with Gasteiger partial charge in [0.15, 0.2) is 5.16 Å². The van der Waals surface area contributed by atoms with Gasteiger partial charge in [-0.2, -0.15) is 0 Å². The fourth-order valence-corrected chi connectivity index (χ4v) is 3.10. The molecule has 0 aliphatic carbocycles. The minimum absolute atomic E-state index is 0. The third-order valence-corrected chi connectivity index (χ3v) is 4.69. The molecule has 0 saturated carbocycles. The van der Waals surface area contributed by atoms with Crippen LogP contribution in [0.5, 0.6) is 0 Å². The highest BCUT2D eigenvalue weighted by atomic mass is 35.5. The highest BCUT2D eigenvalue weighted by molar-refractivity contribution is 7.99. The first-order valence-corrected chi connectivity index (χ1v) is 9.38. The van der Waals surface area contributed by atoms with Gasteiger partial charge in [0.1, 0.15) is 18.9 Å². The fourth-order valence-electron chi connectivity index (χ4n) is 2.09. The van der Waals surface area contributed by atoms with E-state index in [2.05, 4.69) is 22.5 Å². The summed E-state index contributed by atoms with van der Waals surface area (Å²) in [6.45, 7) is 2.27. The minimum Gasteiger partial charge on any atom is -0.443 e. The van der Waals surface area contributed by atoms with E-state index in [0.717, 1.165) is 17.3 Å². The highest BCUT2D eigenvalue weighted by Crippen LogP contribution is 2.23. The quantitative estimate of drug-likeness (QED) is 0.456. The highest BCUT2D eigenvalue weighted by Gasteiger charge is 2.18. The summed E-state index contributed by atoms with van der Waals surface area (Å²) in [6.07, 6.45) is 3.71. The van der Waals surface area contributed by atoms with Gasteiger partial charge in [-0.25, -0.2) is 14.6 Å². The Morgan fingerprint density at radius 1 is 1.08 bits per heavy atom. The van der Waals surface area contributed by atoms with E-state index in [1.165, 1.54) is 33.4 Å². The van der Waals surface area contributed by atoms with Gasteiger partial charge >= 0.3 is 12.2 Å². The smallest absolute Gasteiger partial charge is 0.407 e. The number of hydrogen-bond acceptors (Lipinski definition) is 6. The van der Waals surface area contributed by atoms with Gasteiger partial charge in [-0.15, -0.1) is 12.4 Å². The average molecular weight is 409 g/mol. The Hall–Kier alpha value is -1.61. The molecule has 10 heteroatoms. The van der Waals surface area contributed by atoms with E-state index < -0.39 is 12.2 Å². The van der Waals surface area contributed by atoms with Crippen LogP contribution in [0, 0.1) is 0 Å². The van der Waals surface area contributed by atoms with Gasteiger partial charge in [-0.3, -0.25) is 0 Å². The molecule has 1 aromatic heterocycles. The Balaban J connectivity index is 0.00000625. The Morgan fingerprint density at radius 3 is 2.27 bits per heavy atom. The molecule has 1 aromatic rings. The molecule has 0 unspecified atom stereocenters. The Labute approximate surface area is 165 Å². The lowest BCUT2D eigenvalue weighted by atomic mass is 10.2. The summed E-state index contributed by atoms with van der Waals surface area (Å²) in [6, 6.07) is 0. The second-order valence-corrected chi connectivity index (χ2v) is 6.47. The van der Waals surface area contributed by atoms with E-state index in [4.69, 9.17) is 9.47 Å². The third-order valence-electron chi connectivity index (χ3n) is 3.57. The van der Waals surface area contributed by atoms with Crippen molar-refractivity contribution in [2.45, 2.75) is 51.0 Å². The zero-order chi connectivity index (χ0) is 18.7. The van der Waals surface area contributed by atoms with Gasteiger partial charge in [0, 0.05) is 26.9 Å². The van der Waals surface area contributed by atoms with Gasteiger partial charge in [0.2, 0.25) is 0 Å². The lowest BCUT2D eigenvalue weighted by molar-refractivity contribution is 0.131. The van der Waals surface area contributed by atoms with Crippen LogP contribution in [0.2, 0.25) is 0 Å². The number of thioether (sulfide) groups is 1. The van der Waals surface area contributed by atoms with Crippen molar-refractivity contribution in [1.82, 2.24) is 20.2 Å². The van der Waals surface area contributed by atoms with Crippen LogP contribution in [0.15, 0.2) is 5.16 Å². The lowest BCUT2D eigenvalue weighted by Gasteiger charge is -2.08. The number of unbranched alkanes of at least 4 members (excludes halogenated alkanes) is 3. The number of hydrogen-bond donors (Lipinski definition) is 2. The molecule has 0 saturated heterocycles. The lowest BCUT2D eigenvalue weighted by Crippen LogP contribution is -2.21. The summed E-state index contributed by atoms with van der Waals surface area (Å²) in [5, 5.41) is 5.62. The van der Waals surface area contributed by atoms with E-state index in [1.807, 2.05) is 11.6 Å². The number of amides is 2. The number of halogens is 1. The Morgan fingerprint density at radius 2 is 1.69 bits per heavy atom.